The van der Waals surface area contributed by atoms with Crippen LogP contribution in [0.15, 0.2) is 0 Å². The molecule has 6 heteroatoms. The van der Waals surface area contributed by atoms with Crippen molar-refractivity contribution in [2.24, 2.45) is 5.92 Å². The van der Waals surface area contributed by atoms with Gasteiger partial charge in [0.05, 0.1) is 12.2 Å². The summed E-state index contributed by atoms with van der Waals surface area (Å²) in [6, 6.07) is 0. The van der Waals surface area contributed by atoms with Crippen LogP contribution in [0.3, 0.4) is 0 Å². The minimum Gasteiger partial charge on any atom is -0.366 e. The van der Waals surface area contributed by atoms with Crippen LogP contribution < -0.4 is 0 Å². The molecular weight excluding hydrogens is 368 g/mol. The highest BCUT2D eigenvalue weighted by atomic mass is 16.5. The molecule has 0 aromatic rings. The molecule has 1 aliphatic rings. The van der Waals surface area contributed by atoms with Crippen LogP contribution in [-0.4, -0.2) is 73.2 Å². The van der Waals surface area contributed by atoms with Gasteiger partial charge in [0.15, 0.2) is 0 Å². The fourth-order valence-electron chi connectivity index (χ4n) is 4.01. The van der Waals surface area contributed by atoms with Crippen LogP contribution in [-0.2, 0) is 19.1 Å². The van der Waals surface area contributed by atoms with E-state index in [1.165, 1.54) is 0 Å². The van der Waals surface area contributed by atoms with Gasteiger partial charge in [0.2, 0.25) is 11.8 Å². The zero-order valence-corrected chi connectivity index (χ0v) is 19.5. The largest absolute Gasteiger partial charge is 0.366 e. The molecule has 6 nitrogen and oxygen atoms in total. The Morgan fingerprint density at radius 3 is 1.55 bits per heavy atom. The van der Waals surface area contributed by atoms with Gasteiger partial charge >= 0.3 is 0 Å². The number of rotatable bonds is 14. The lowest BCUT2D eigenvalue weighted by Gasteiger charge is -2.35. The van der Waals surface area contributed by atoms with Crippen molar-refractivity contribution in [3.63, 3.8) is 0 Å². The highest BCUT2D eigenvalue weighted by Crippen LogP contribution is 2.28. The minimum absolute atomic E-state index is 0.0545. The second-order valence-corrected chi connectivity index (χ2v) is 8.38. The molecule has 0 unspecified atom stereocenters. The summed E-state index contributed by atoms with van der Waals surface area (Å²) < 4.78 is 12.1. The molecule has 0 aromatic carbocycles. The van der Waals surface area contributed by atoms with Crippen LogP contribution in [0.1, 0.15) is 79.6 Å². The van der Waals surface area contributed by atoms with E-state index in [2.05, 4.69) is 34.6 Å². The van der Waals surface area contributed by atoms with Crippen molar-refractivity contribution in [2.75, 3.05) is 39.4 Å². The number of hydrogen-bond acceptors (Lipinski definition) is 4. The Morgan fingerprint density at radius 2 is 1.14 bits per heavy atom. The molecular formula is C23H44N2O4. The molecule has 0 bridgehead atoms. The van der Waals surface area contributed by atoms with Crippen molar-refractivity contribution in [3.05, 3.63) is 0 Å². The summed E-state index contributed by atoms with van der Waals surface area (Å²) in [5.74, 6) is 0.655. The Kier molecular flexibility index (Phi) is 13.2. The third-order valence-electron chi connectivity index (χ3n) is 5.51. The molecule has 0 spiro atoms. The second kappa shape index (κ2) is 14.8. The summed E-state index contributed by atoms with van der Waals surface area (Å²) in [6.45, 7) is 13.8. The Balaban J connectivity index is 2.59. The fraction of sp³-hybridized carbons (Fsp3) is 0.913. The zero-order valence-electron chi connectivity index (χ0n) is 19.5. The first kappa shape index (κ1) is 25.9. The summed E-state index contributed by atoms with van der Waals surface area (Å²) in [5, 5.41) is 0. The summed E-state index contributed by atoms with van der Waals surface area (Å²) >= 11 is 0. The summed E-state index contributed by atoms with van der Waals surface area (Å²) in [5.41, 5.74) is 0. The SMILES string of the molecule is CCCN(CCC)C(=O)CO[C@@H]1CC[C@H](C)C[C@H]1OCC(=O)N(CCC)CCC. The highest BCUT2D eigenvalue weighted by molar-refractivity contribution is 5.77. The average molecular weight is 413 g/mol. The van der Waals surface area contributed by atoms with Crippen molar-refractivity contribution in [1.29, 1.82) is 0 Å². The van der Waals surface area contributed by atoms with Crippen LogP contribution in [0.5, 0.6) is 0 Å². The number of nitrogens with zero attached hydrogens (tertiary/aromatic N) is 2. The van der Waals surface area contributed by atoms with Crippen LogP contribution in [0.4, 0.5) is 0 Å². The molecule has 1 aliphatic carbocycles. The molecule has 3 atom stereocenters. The van der Waals surface area contributed by atoms with Gasteiger partial charge in [0.25, 0.3) is 0 Å². The van der Waals surface area contributed by atoms with Gasteiger partial charge < -0.3 is 19.3 Å². The molecule has 1 saturated carbocycles. The van der Waals surface area contributed by atoms with Gasteiger partial charge in [-0.2, -0.15) is 0 Å². The maximum atomic E-state index is 12.6. The summed E-state index contributed by atoms with van der Waals surface area (Å²) in [6.07, 6.45) is 6.39. The van der Waals surface area contributed by atoms with E-state index in [0.717, 1.165) is 71.1 Å². The lowest BCUT2D eigenvalue weighted by molar-refractivity contribution is -0.154. The van der Waals surface area contributed by atoms with Gasteiger partial charge in [-0.1, -0.05) is 34.6 Å². The van der Waals surface area contributed by atoms with E-state index in [0.29, 0.717) is 5.92 Å². The first-order valence-corrected chi connectivity index (χ1v) is 11.7. The van der Waals surface area contributed by atoms with Crippen LogP contribution in [0, 0.1) is 5.92 Å². The first-order valence-electron chi connectivity index (χ1n) is 11.7. The highest BCUT2D eigenvalue weighted by Gasteiger charge is 2.32. The molecule has 1 rings (SSSR count). The average Bonchev–Trinajstić information content (AvgIpc) is 2.70. The van der Waals surface area contributed by atoms with Crippen LogP contribution in [0.2, 0.25) is 0 Å². The van der Waals surface area contributed by atoms with Crippen LogP contribution >= 0.6 is 0 Å². The zero-order chi connectivity index (χ0) is 21.6. The third-order valence-corrected chi connectivity index (χ3v) is 5.51. The van der Waals surface area contributed by atoms with E-state index in [1.54, 1.807) is 0 Å². The van der Waals surface area contributed by atoms with Crippen molar-refractivity contribution in [3.8, 4) is 0 Å². The van der Waals surface area contributed by atoms with Crippen molar-refractivity contribution >= 4 is 11.8 Å². The standard InChI is InChI=1S/C23H44N2O4/c1-6-12-24(13-7-2)22(26)17-28-20-11-10-19(5)16-21(20)29-18-23(27)25(14-8-3)15-9-4/h19-21H,6-18H2,1-5H3/t19-,20+,21+/m0/s1. The molecule has 2 amide bonds. The molecule has 0 aliphatic heterocycles. The topological polar surface area (TPSA) is 59.1 Å². The van der Waals surface area contributed by atoms with Gasteiger partial charge in [-0.25, -0.2) is 0 Å². The lowest BCUT2D eigenvalue weighted by atomic mass is 9.86. The molecule has 29 heavy (non-hydrogen) atoms. The third kappa shape index (κ3) is 9.47. The fourth-order valence-corrected chi connectivity index (χ4v) is 4.01. The number of carbonyl (C=O) groups excluding carboxylic acids is 2. The molecule has 1 fully saturated rings. The van der Waals surface area contributed by atoms with Gasteiger partial charge in [-0.3, -0.25) is 9.59 Å². The first-order chi connectivity index (χ1) is 14.0. The van der Waals surface area contributed by atoms with Crippen molar-refractivity contribution in [2.45, 2.75) is 91.8 Å². The quantitative estimate of drug-likeness (QED) is 0.434. The predicted octanol–water partition coefficient (Wildman–Crippen LogP) is 3.87. The molecule has 0 N–H and O–H groups in total. The van der Waals surface area contributed by atoms with Crippen molar-refractivity contribution in [1.82, 2.24) is 9.80 Å². The minimum atomic E-state index is -0.119. The number of ether oxygens (including phenoxy) is 2. The van der Waals surface area contributed by atoms with E-state index in [4.69, 9.17) is 9.47 Å². The Bertz CT molecular complexity index is 460. The van der Waals surface area contributed by atoms with E-state index >= 15 is 0 Å². The second-order valence-electron chi connectivity index (χ2n) is 8.38. The summed E-state index contributed by atoms with van der Waals surface area (Å²) in [4.78, 5) is 28.9. The Morgan fingerprint density at radius 1 is 0.724 bits per heavy atom. The maximum absolute atomic E-state index is 12.6. The van der Waals surface area contributed by atoms with Crippen LogP contribution in [0.25, 0.3) is 0 Å². The van der Waals surface area contributed by atoms with E-state index in [-0.39, 0.29) is 37.2 Å². The number of amides is 2. The van der Waals surface area contributed by atoms with E-state index < -0.39 is 0 Å². The molecule has 0 aromatic heterocycles. The van der Waals surface area contributed by atoms with Gasteiger partial charge in [0.1, 0.15) is 13.2 Å². The molecule has 0 saturated heterocycles. The smallest absolute Gasteiger partial charge is 0.248 e. The lowest BCUT2D eigenvalue weighted by Crippen LogP contribution is -2.43. The normalized spacial score (nSPS) is 21.8. The van der Waals surface area contributed by atoms with Gasteiger partial charge in [-0.15, -0.1) is 0 Å². The number of hydrogen-bond donors (Lipinski definition) is 0. The molecule has 0 radical (unpaired) electrons. The Hall–Kier alpha value is -1.14. The van der Waals surface area contributed by atoms with Crippen molar-refractivity contribution < 1.29 is 19.1 Å². The van der Waals surface area contributed by atoms with Gasteiger partial charge in [0, 0.05) is 26.2 Å². The number of carbonyl (C=O) groups is 2. The molecule has 170 valence electrons. The van der Waals surface area contributed by atoms with E-state index in [9.17, 15) is 9.59 Å². The Labute approximate surface area is 178 Å². The molecule has 0 heterocycles. The summed E-state index contributed by atoms with van der Waals surface area (Å²) in [7, 11) is 0. The maximum Gasteiger partial charge on any atom is 0.248 e. The predicted molar refractivity (Wildman–Crippen MR) is 117 cm³/mol. The van der Waals surface area contributed by atoms with Gasteiger partial charge in [-0.05, 0) is 50.9 Å². The monoisotopic (exact) mass is 412 g/mol. The van der Waals surface area contributed by atoms with E-state index in [1.807, 2.05) is 9.80 Å².